The molecular formula is C13H20ClNO4S. The minimum atomic E-state index is -3.64. The van der Waals surface area contributed by atoms with Crippen LogP contribution in [0.4, 0.5) is 0 Å². The normalized spacial score (nSPS) is 13.7. The van der Waals surface area contributed by atoms with Crippen LogP contribution in [0.25, 0.3) is 0 Å². The SMILES string of the molecule is CCN(C(C)COC)S(=O)(=O)c1ccc(Cl)c(CO)c1. The molecule has 0 spiro atoms. The van der Waals surface area contributed by atoms with Crippen molar-refractivity contribution in [1.82, 2.24) is 4.31 Å². The molecule has 0 amide bonds. The molecule has 5 nitrogen and oxygen atoms in total. The van der Waals surface area contributed by atoms with Crippen LogP contribution >= 0.6 is 11.6 Å². The van der Waals surface area contributed by atoms with Crippen molar-refractivity contribution in [2.24, 2.45) is 0 Å². The minimum absolute atomic E-state index is 0.121. The van der Waals surface area contributed by atoms with E-state index in [1.54, 1.807) is 13.8 Å². The average Bonchev–Trinajstić information content (AvgIpc) is 2.39. The maximum absolute atomic E-state index is 12.6. The molecule has 0 saturated heterocycles. The molecule has 114 valence electrons. The lowest BCUT2D eigenvalue weighted by Gasteiger charge is -2.26. The highest BCUT2D eigenvalue weighted by molar-refractivity contribution is 7.89. The Balaban J connectivity index is 3.20. The Kier molecular flexibility index (Phi) is 6.42. The van der Waals surface area contributed by atoms with E-state index in [2.05, 4.69) is 0 Å². The summed E-state index contributed by atoms with van der Waals surface area (Å²) < 4.78 is 31.6. The summed E-state index contributed by atoms with van der Waals surface area (Å²) in [5.74, 6) is 0. The third-order valence-electron chi connectivity index (χ3n) is 3.01. The maximum Gasteiger partial charge on any atom is 0.243 e. The van der Waals surface area contributed by atoms with Gasteiger partial charge < -0.3 is 9.84 Å². The Morgan fingerprint density at radius 2 is 2.10 bits per heavy atom. The van der Waals surface area contributed by atoms with E-state index in [0.29, 0.717) is 23.7 Å². The fourth-order valence-corrected chi connectivity index (χ4v) is 3.86. The molecule has 20 heavy (non-hydrogen) atoms. The third kappa shape index (κ3) is 3.71. The second-order valence-electron chi connectivity index (χ2n) is 4.42. The summed E-state index contributed by atoms with van der Waals surface area (Å²) >= 11 is 5.88. The Morgan fingerprint density at radius 1 is 1.45 bits per heavy atom. The first-order valence-corrected chi connectivity index (χ1v) is 8.10. The van der Waals surface area contributed by atoms with E-state index in [1.165, 1.54) is 29.6 Å². The molecule has 0 aliphatic carbocycles. The first-order valence-electron chi connectivity index (χ1n) is 6.28. The highest BCUT2D eigenvalue weighted by Crippen LogP contribution is 2.24. The number of hydrogen-bond acceptors (Lipinski definition) is 4. The number of likely N-dealkylation sites (N-methyl/N-ethyl adjacent to an activating group) is 1. The molecule has 0 aliphatic heterocycles. The molecule has 1 N–H and O–H groups in total. The maximum atomic E-state index is 12.6. The molecule has 0 aliphatic rings. The summed E-state index contributed by atoms with van der Waals surface area (Å²) in [6, 6.07) is 4.05. The van der Waals surface area contributed by atoms with Crippen molar-refractivity contribution < 1.29 is 18.3 Å². The van der Waals surface area contributed by atoms with Crippen LogP contribution in [0.2, 0.25) is 5.02 Å². The highest BCUT2D eigenvalue weighted by Gasteiger charge is 2.28. The van der Waals surface area contributed by atoms with Crippen LogP contribution in [0.3, 0.4) is 0 Å². The van der Waals surface area contributed by atoms with Gasteiger partial charge in [-0.15, -0.1) is 0 Å². The van der Waals surface area contributed by atoms with Gasteiger partial charge in [-0.3, -0.25) is 0 Å². The summed E-state index contributed by atoms with van der Waals surface area (Å²) in [6.45, 7) is 3.90. The molecule has 1 unspecified atom stereocenters. The van der Waals surface area contributed by atoms with Crippen molar-refractivity contribution in [2.75, 3.05) is 20.3 Å². The number of hydrogen-bond donors (Lipinski definition) is 1. The molecule has 0 aromatic heterocycles. The summed E-state index contributed by atoms with van der Waals surface area (Å²) in [5, 5.41) is 9.53. The number of rotatable bonds is 7. The van der Waals surface area contributed by atoms with Gasteiger partial charge in [0.05, 0.1) is 18.1 Å². The van der Waals surface area contributed by atoms with Crippen LogP contribution in [0.15, 0.2) is 23.1 Å². The topological polar surface area (TPSA) is 66.8 Å². The van der Waals surface area contributed by atoms with Gasteiger partial charge in [0, 0.05) is 24.7 Å². The van der Waals surface area contributed by atoms with E-state index in [9.17, 15) is 13.5 Å². The molecule has 7 heteroatoms. The van der Waals surface area contributed by atoms with Crippen LogP contribution in [-0.4, -0.2) is 44.1 Å². The van der Waals surface area contributed by atoms with Gasteiger partial charge in [0.15, 0.2) is 0 Å². The monoisotopic (exact) mass is 321 g/mol. The second kappa shape index (κ2) is 7.38. The van der Waals surface area contributed by atoms with Gasteiger partial charge in [0.25, 0.3) is 0 Å². The van der Waals surface area contributed by atoms with E-state index in [0.717, 1.165) is 0 Å². The van der Waals surface area contributed by atoms with Crippen LogP contribution in [0.1, 0.15) is 19.4 Å². The van der Waals surface area contributed by atoms with Crippen molar-refractivity contribution in [3.63, 3.8) is 0 Å². The fraction of sp³-hybridized carbons (Fsp3) is 0.538. The van der Waals surface area contributed by atoms with Gasteiger partial charge in [-0.25, -0.2) is 8.42 Å². The van der Waals surface area contributed by atoms with Crippen molar-refractivity contribution in [2.45, 2.75) is 31.4 Å². The van der Waals surface area contributed by atoms with Gasteiger partial charge in [-0.2, -0.15) is 4.31 Å². The second-order valence-corrected chi connectivity index (χ2v) is 6.72. The van der Waals surface area contributed by atoms with Crippen LogP contribution in [0, 0.1) is 0 Å². The zero-order valence-electron chi connectivity index (χ0n) is 11.8. The van der Waals surface area contributed by atoms with Crippen LogP contribution < -0.4 is 0 Å². The number of nitrogens with zero attached hydrogens (tertiary/aromatic N) is 1. The van der Waals surface area contributed by atoms with Crippen molar-refractivity contribution >= 4 is 21.6 Å². The summed E-state index contributed by atoms with van der Waals surface area (Å²) in [4.78, 5) is 0.121. The summed E-state index contributed by atoms with van der Waals surface area (Å²) in [5.41, 5.74) is 0.392. The van der Waals surface area contributed by atoms with Crippen molar-refractivity contribution in [1.29, 1.82) is 0 Å². The predicted octanol–water partition coefficient (Wildman–Crippen LogP) is 1.88. The van der Waals surface area contributed by atoms with Gasteiger partial charge in [0.1, 0.15) is 0 Å². The average molecular weight is 322 g/mol. The Morgan fingerprint density at radius 3 is 2.60 bits per heavy atom. The molecule has 0 fully saturated rings. The molecule has 0 heterocycles. The molecule has 1 aromatic rings. The summed E-state index contributed by atoms with van der Waals surface area (Å²) in [6.07, 6.45) is 0. The van der Waals surface area contributed by atoms with E-state index >= 15 is 0 Å². The van der Waals surface area contributed by atoms with E-state index in [-0.39, 0.29) is 17.5 Å². The quantitative estimate of drug-likeness (QED) is 0.832. The Labute approximate surface area is 125 Å². The van der Waals surface area contributed by atoms with Crippen LogP contribution in [0.5, 0.6) is 0 Å². The van der Waals surface area contributed by atoms with E-state index in [4.69, 9.17) is 16.3 Å². The van der Waals surface area contributed by atoms with E-state index < -0.39 is 10.0 Å². The first-order chi connectivity index (χ1) is 9.38. The van der Waals surface area contributed by atoms with Crippen molar-refractivity contribution in [3.05, 3.63) is 28.8 Å². The Hall–Kier alpha value is -0.660. The zero-order chi connectivity index (χ0) is 15.3. The van der Waals surface area contributed by atoms with Gasteiger partial charge in [-0.1, -0.05) is 18.5 Å². The minimum Gasteiger partial charge on any atom is -0.392 e. The lowest BCUT2D eigenvalue weighted by Crippen LogP contribution is -2.40. The molecule has 1 aromatic carbocycles. The number of sulfonamides is 1. The zero-order valence-corrected chi connectivity index (χ0v) is 13.4. The van der Waals surface area contributed by atoms with Gasteiger partial charge in [-0.05, 0) is 30.7 Å². The smallest absolute Gasteiger partial charge is 0.243 e. The molecule has 0 bridgehead atoms. The third-order valence-corrected chi connectivity index (χ3v) is 5.46. The van der Waals surface area contributed by atoms with Gasteiger partial charge >= 0.3 is 0 Å². The first kappa shape index (κ1) is 17.4. The molecular weight excluding hydrogens is 302 g/mol. The predicted molar refractivity (Wildman–Crippen MR) is 78.3 cm³/mol. The highest BCUT2D eigenvalue weighted by atomic mass is 35.5. The number of ether oxygens (including phenoxy) is 1. The molecule has 1 atom stereocenters. The number of benzene rings is 1. The lowest BCUT2D eigenvalue weighted by atomic mass is 10.2. The van der Waals surface area contributed by atoms with Gasteiger partial charge in [0.2, 0.25) is 10.0 Å². The summed E-state index contributed by atoms with van der Waals surface area (Å²) in [7, 11) is -2.11. The standard InChI is InChI=1S/C13H20ClNO4S/c1-4-15(10(2)9-19-3)20(17,18)12-5-6-13(14)11(7-12)8-16/h5-7,10,16H,4,8-9H2,1-3H3. The number of aliphatic hydroxyl groups is 1. The number of aliphatic hydroxyl groups excluding tert-OH is 1. The number of methoxy groups -OCH3 is 1. The van der Waals surface area contributed by atoms with Crippen LogP contribution in [-0.2, 0) is 21.4 Å². The molecule has 0 radical (unpaired) electrons. The Bertz CT molecular complexity index is 547. The molecule has 0 saturated carbocycles. The molecule has 1 rings (SSSR count). The largest absolute Gasteiger partial charge is 0.392 e. The lowest BCUT2D eigenvalue weighted by molar-refractivity contribution is 0.142. The fourth-order valence-electron chi connectivity index (χ4n) is 2.01. The van der Waals surface area contributed by atoms with Crippen molar-refractivity contribution in [3.8, 4) is 0 Å². The number of halogens is 1. The van der Waals surface area contributed by atoms with E-state index in [1.807, 2.05) is 0 Å².